The zero-order chi connectivity index (χ0) is 16.6. The van der Waals surface area contributed by atoms with Crippen molar-refractivity contribution >= 4 is 23.2 Å². The minimum absolute atomic E-state index is 0.116. The molecule has 0 saturated heterocycles. The number of nitrogens with one attached hydrogen (secondary N) is 1. The van der Waals surface area contributed by atoms with Crippen LogP contribution >= 0.6 is 11.6 Å². The first-order chi connectivity index (χ1) is 11.0. The Morgan fingerprint density at radius 1 is 1.17 bits per heavy atom. The van der Waals surface area contributed by atoms with Crippen LogP contribution in [0.3, 0.4) is 0 Å². The predicted octanol–water partition coefficient (Wildman–Crippen LogP) is 4.10. The van der Waals surface area contributed by atoms with Crippen LogP contribution in [0.2, 0.25) is 5.02 Å². The number of amides is 1. The third-order valence-electron chi connectivity index (χ3n) is 3.87. The lowest BCUT2D eigenvalue weighted by Gasteiger charge is -2.14. The number of pyridine rings is 1. The summed E-state index contributed by atoms with van der Waals surface area (Å²) >= 11 is 5.91. The highest BCUT2D eigenvalue weighted by atomic mass is 35.5. The van der Waals surface area contributed by atoms with Crippen molar-refractivity contribution < 1.29 is 4.79 Å². The molecule has 0 aliphatic heterocycles. The van der Waals surface area contributed by atoms with Crippen LogP contribution < -0.4 is 5.32 Å². The van der Waals surface area contributed by atoms with Crippen LogP contribution in [-0.4, -0.2) is 15.3 Å². The number of carbonyl (C=O) groups excluding carboxylic acids is 1. The fourth-order valence-electron chi connectivity index (χ4n) is 2.64. The molecule has 1 amide bonds. The second-order valence-electron chi connectivity index (χ2n) is 5.73. The molecule has 2 heterocycles. The molecule has 5 heteroatoms. The van der Waals surface area contributed by atoms with Gasteiger partial charge >= 0.3 is 0 Å². The Morgan fingerprint density at radius 2 is 1.87 bits per heavy atom. The van der Waals surface area contributed by atoms with Crippen molar-refractivity contribution in [1.29, 1.82) is 0 Å². The summed E-state index contributed by atoms with van der Waals surface area (Å²) in [6.07, 6.45) is 1.93. The van der Waals surface area contributed by atoms with Crippen LogP contribution in [0.5, 0.6) is 0 Å². The highest BCUT2D eigenvalue weighted by Gasteiger charge is 2.18. The smallest absolute Gasteiger partial charge is 0.270 e. The number of fused-ring (bicyclic) bond motifs is 1. The summed E-state index contributed by atoms with van der Waals surface area (Å²) in [6.45, 7) is 5.79. The van der Waals surface area contributed by atoms with E-state index >= 15 is 0 Å². The van der Waals surface area contributed by atoms with E-state index < -0.39 is 0 Å². The quantitative estimate of drug-likeness (QED) is 0.787. The molecule has 3 aromatic rings. The molecule has 4 nitrogen and oxygen atoms in total. The first-order valence-corrected chi connectivity index (χ1v) is 7.85. The number of carbonyl (C=O) groups is 1. The summed E-state index contributed by atoms with van der Waals surface area (Å²) in [6, 6.07) is 11.3. The van der Waals surface area contributed by atoms with E-state index in [4.69, 9.17) is 11.6 Å². The fraction of sp³-hybridized carbons (Fsp3) is 0.222. The lowest BCUT2D eigenvalue weighted by Crippen LogP contribution is -2.28. The van der Waals surface area contributed by atoms with Crippen molar-refractivity contribution in [2.75, 3.05) is 0 Å². The minimum Gasteiger partial charge on any atom is -0.344 e. The normalized spacial score (nSPS) is 12.3. The highest BCUT2D eigenvalue weighted by molar-refractivity contribution is 6.30. The second-order valence-corrected chi connectivity index (χ2v) is 6.16. The van der Waals surface area contributed by atoms with Gasteiger partial charge in [-0.3, -0.25) is 9.20 Å². The van der Waals surface area contributed by atoms with Gasteiger partial charge in [-0.2, -0.15) is 0 Å². The molecule has 0 spiro atoms. The van der Waals surface area contributed by atoms with Gasteiger partial charge in [-0.15, -0.1) is 0 Å². The number of hydrogen-bond acceptors (Lipinski definition) is 2. The van der Waals surface area contributed by atoms with Crippen molar-refractivity contribution in [2.45, 2.75) is 26.8 Å². The van der Waals surface area contributed by atoms with Gasteiger partial charge < -0.3 is 5.32 Å². The molecule has 1 atom stereocenters. The molecule has 23 heavy (non-hydrogen) atoms. The maximum absolute atomic E-state index is 12.7. The van der Waals surface area contributed by atoms with Gasteiger partial charge in [-0.25, -0.2) is 4.98 Å². The number of imidazole rings is 1. The van der Waals surface area contributed by atoms with Gasteiger partial charge in [0, 0.05) is 11.2 Å². The molecule has 1 aromatic carbocycles. The first-order valence-electron chi connectivity index (χ1n) is 7.47. The van der Waals surface area contributed by atoms with E-state index in [9.17, 15) is 4.79 Å². The molecular formula is C18H18ClN3O. The van der Waals surface area contributed by atoms with Crippen LogP contribution in [0.25, 0.3) is 5.65 Å². The molecular weight excluding hydrogens is 310 g/mol. The van der Waals surface area contributed by atoms with Crippen molar-refractivity contribution in [1.82, 2.24) is 14.7 Å². The second kappa shape index (κ2) is 6.05. The molecule has 0 saturated carbocycles. The van der Waals surface area contributed by atoms with Crippen LogP contribution in [0, 0.1) is 13.8 Å². The fourth-order valence-corrected chi connectivity index (χ4v) is 2.77. The lowest BCUT2D eigenvalue weighted by atomic mass is 10.1. The molecule has 3 rings (SSSR count). The molecule has 0 fully saturated rings. The summed E-state index contributed by atoms with van der Waals surface area (Å²) in [5.74, 6) is -0.136. The van der Waals surface area contributed by atoms with Gasteiger partial charge in [-0.05, 0) is 50.1 Å². The van der Waals surface area contributed by atoms with Crippen molar-refractivity contribution in [3.8, 4) is 0 Å². The number of nitrogens with zero attached hydrogens (tertiary/aromatic N) is 2. The lowest BCUT2D eigenvalue weighted by molar-refractivity contribution is 0.0933. The largest absolute Gasteiger partial charge is 0.344 e. The average Bonchev–Trinajstić information content (AvgIpc) is 2.83. The van der Waals surface area contributed by atoms with Crippen LogP contribution in [0.15, 0.2) is 42.6 Å². The van der Waals surface area contributed by atoms with E-state index in [-0.39, 0.29) is 11.9 Å². The Hall–Kier alpha value is -2.33. The van der Waals surface area contributed by atoms with Gasteiger partial charge in [0.25, 0.3) is 5.91 Å². The topological polar surface area (TPSA) is 46.4 Å². The predicted molar refractivity (Wildman–Crippen MR) is 92.0 cm³/mol. The van der Waals surface area contributed by atoms with E-state index in [1.54, 1.807) is 0 Å². The first kappa shape index (κ1) is 15.6. The Labute approximate surface area is 140 Å². The number of halogens is 1. The number of benzene rings is 1. The summed E-state index contributed by atoms with van der Waals surface area (Å²) < 4.78 is 1.84. The van der Waals surface area contributed by atoms with Crippen LogP contribution in [-0.2, 0) is 0 Å². The maximum atomic E-state index is 12.7. The molecule has 1 N–H and O–H groups in total. The Kier molecular flexibility index (Phi) is 4.09. The van der Waals surface area contributed by atoms with E-state index in [1.807, 2.05) is 67.8 Å². The molecule has 2 aromatic heterocycles. The van der Waals surface area contributed by atoms with Gasteiger partial charge in [0.2, 0.25) is 0 Å². The summed E-state index contributed by atoms with van der Waals surface area (Å²) in [5, 5.41) is 3.71. The highest BCUT2D eigenvalue weighted by Crippen LogP contribution is 2.18. The molecule has 1 unspecified atom stereocenters. The van der Waals surface area contributed by atoms with Gasteiger partial charge in [-0.1, -0.05) is 29.8 Å². The monoisotopic (exact) mass is 327 g/mol. The third-order valence-corrected chi connectivity index (χ3v) is 4.13. The number of rotatable bonds is 3. The van der Waals surface area contributed by atoms with Crippen LogP contribution in [0.1, 0.15) is 40.3 Å². The Bertz CT molecular complexity index is 868. The maximum Gasteiger partial charge on any atom is 0.270 e. The Morgan fingerprint density at radius 3 is 2.57 bits per heavy atom. The SMILES string of the molecule is Cc1ccc2nc(C)c(C(=O)NC(C)c3ccc(Cl)cc3)n2c1. The zero-order valence-electron chi connectivity index (χ0n) is 13.3. The molecule has 0 bridgehead atoms. The molecule has 118 valence electrons. The minimum atomic E-state index is -0.136. The van der Waals surface area contributed by atoms with Crippen LogP contribution in [0.4, 0.5) is 0 Å². The number of aromatic nitrogens is 2. The third kappa shape index (κ3) is 3.08. The van der Waals surface area contributed by atoms with Gasteiger partial charge in [0.05, 0.1) is 11.7 Å². The molecule has 0 aliphatic rings. The molecule has 0 aliphatic carbocycles. The van der Waals surface area contributed by atoms with E-state index in [0.717, 1.165) is 22.5 Å². The summed E-state index contributed by atoms with van der Waals surface area (Å²) in [4.78, 5) is 17.2. The Balaban J connectivity index is 1.90. The average molecular weight is 328 g/mol. The van der Waals surface area contributed by atoms with Gasteiger partial charge in [0.15, 0.2) is 0 Å². The van der Waals surface area contributed by atoms with E-state index in [0.29, 0.717) is 10.7 Å². The van der Waals surface area contributed by atoms with Crippen molar-refractivity contribution in [3.63, 3.8) is 0 Å². The zero-order valence-corrected chi connectivity index (χ0v) is 14.1. The van der Waals surface area contributed by atoms with E-state index in [1.165, 1.54) is 0 Å². The number of aryl methyl sites for hydroxylation is 2. The van der Waals surface area contributed by atoms with E-state index in [2.05, 4.69) is 10.3 Å². The van der Waals surface area contributed by atoms with Gasteiger partial charge in [0.1, 0.15) is 11.3 Å². The molecule has 0 radical (unpaired) electrons. The summed E-state index contributed by atoms with van der Waals surface area (Å²) in [5.41, 5.74) is 4.15. The van der Waals surface area contributed by atoms with Crippen molar-refractivity contribution in [2.24, 2.45) is 0 Å². The summed E-state index contributed by atoms with van der Waals surface area (Å²) in [7, 11) is 0. The standard InChI is InChI=1S/C18H18ClN3O/c1-11-4-9-16-20-13(3)17(22(16)10-11)18(23)21-12(2)14-5-7-15(19)8-6-14/h4-10,12H,1-3H3,(H,21,23). The number of hydrogen-bond donors (Lipinski definition) is 1. The van der Waals surface area contributed by atoms with Crippen molar-refractivity contribution in [3.05, 3.63) is 70.1 Å².